The number of ether oxygens (including phenoxy) is 1. The van der Waals surface area contributed by atoms with E-state index in [0.29, 0.717) is 12.1 Å². The Morgan fingerprint density at radius 1 is 1.04 bits per heavy atom. The first kappa shape index (κ1) is 14.9. The summed E-state index contributed by atoms with van der Waals surface area (Å²) < 4.78 is 5.30. The number of hydrogen-bond donors (Lipinski definition) is 2. The first-order valence-corrected chi connectivity index (χ1v) is 7.42. The van der Waals surface area contributed by atoms with Gasteiger partial charge >= 0.3 is 0 Å². The maximum Gasteiger partial charge on any atom is 0.253 e. The molecule has 2 aromatic carbocycles. The standard InChI is InChI=1S/C19H18N2O2/c1-23-18-10-6-5-9-15(18)11-21-19(22)17-13-20-12-16(17)14-7-3-2-4-8-14/h2-10,12-13,20H,11H2,1H3,(H,21,22). The van der Waals surface area contributed by atoms with E-state index in [-0.39, 0.29) is 5.91 Å². The number of methoxy groups -OCH3 is 1. The molecule has 0 radical (unpaired) electrons. The summed E-state index contributed by atoms with van der Waals surface area (Å²) in [6.07, 6.45) is 3.56. The van der Waals surface area contributed by atoms with Gasteiger partial charge in [-0.25, -0.2) is 0 Å². The largest absolute Gasteiger partial charge is 0.496 e. The van der Waals surface area contributed by atoms with E-state index < -0.39 is 0 Å². The lowest BCUT2D eigenvalue weighted by Gasteiger charge is -2.10. The monoisotopic (exact) mass is 306 g/mol. The van der Waals surface area contributed by atoms with Crippen LogP contribution in [-0.4, -0.2) is 18.0 Å². The Hall–Kier alpha value is -3.01. The molecule has 3 aromatic rings. The summed E-state index contributed by atoms with van der Waals surface area (Å²) in [6, 6.07) is 17.5. The van der Waals surface area contributed by atoms with E-state index >= 15 is 0 Å². The fourth-order valence-corrected chi connectivity index (χ4v) is 2.53. The summed E-state index contributed by atoms with van der Waals surface area (Å²) >= 11 is 0. The van der Waals surface area contributed by atoms with E-state index in [9.17, 15) is 4.79 Å². The van der Waals surface area contributed by atoms with Gasteiger partial charge in [0.1, 0.15) is 5.75 Å². The average Bonchev–Trinajstić information content (AvgIpc) is 3.10. The van der Waals surface area contributed by atoms with E-state index in [1.165, 1.54) is 0 Å². The van der Waals surface area contributed by atoms with Crippen molar-refractivity contribution < 1.29 is 9.53 Å². The number of benzene rings is 2. The summed E-state index contributed by atoms with van der Waals surface area (Å²) in [5.41, 5.74) is 3.48. The molecule has 1 aromatic heterocycles. The SMILES string of the molecule is COc1ccccc1CNC(=O)c1c[nH]cc1-c1ccccc1. The summed E-state index contributed by atoms with van der Waals surface area (Å²) in [4.78, 5) is 15.5. The van der Waals surface area contributed by atoms with Gasteiger partial charge in [0.25, 0.3) is 5.91 Å². The summed E-state index contributed by atoms with van der Waals surface area (Å²) in [5, 5.41) is 2.95. The smallest absolute Gasteiger partial charge is 0.253 e. The highest BCUT2D eigenvalue weighted by molar-refractivity contribution is 6.00. The first-order chi connectivity index (χ1) is 11.3. The first-order valence-electron chi connectivity index (χ1n) is 7.42. The Morgan fingerprint density at radius 3 is 2.57 bits per heavy atom. The molecule has 0 saturated heterocycles. The molecule has 0 unspecified atom stereocenters. The third-order valence-corrected chi connectivity index (χ3v) is 3.71. The molecule has 0 spiro atoms. The maximum atomic E-state index is 12.5. The second-order valence-corrected chi connectivity index (χ2v) is 5.14. The Kier molecular flexibility index (Phi) is 4.43. The van der Waals surface area contributed by atoms with Crippen LogP contribution in [0.5, 0.6) is 5.75 Å². The van der Waals surface area contributed by atoms with Crippen LogP contribution in [-0.2, 0) is 6.54 Å². The van der Waals surface area contributed by atoms with E-state index in [0.717, 1.165) is 22.4 Å². The number of carbonyl (C=O) groups excluding carboxylic acids is 1. The quantitative estimate of drug-likeness (QED) is 0.756. The van der Waals surface area contributed by atoms with Gasteiger partial charge in [0.2, 0.25) is 0 Å². The number of rotatable bonds is 5. The molecular formula is C19H18N2O2. The molecule has 4 nitrogen and oxygen atoms in total. The van der Waals surface area contributed by atoms with Crippen LogP contribution in [0, 0.1) is 0 Å². The molecule has 0 bridgehead atoms. The summed E-state index contributed by atoms with van der Waals surface area (Å²) in [5.74, 6) is 0.654. The molecule has 0 aliphatic heterocycles. The molecule has 23 heavy (non-hydrogen) atoms. The molecule has 2 N–H and O–H groups in total. The fourth-order valence-electron chi connectivity index (χ4n) is 2.53. The van der Waals surface area contributed by atoms with E-state index in [1.807, 2.05) is 60.8 Å². The molecule has 0 atom stereocenters. The van der Waals surface area contributed by atoms with Gasteiger partial charge in [-0.1, -0.05) is 48.5 Å². The lowest BCUT2D eigenvalue weighted by Crippen LogP contribution is -2.23. The van der Waals surface area contributed by atoms with Crippen molar-refractivity contribution in [2.75, 3.05) is 7.11 Å². The van der Waals surface area contributed by atoms with Crippen LogP contribution in [0.3, 0.4) is 0 Å². The van der Waals surface area contributed by atoms with Crippen molar-refractivity contribution >= 4 is 5.91 Å². The minimum Gasteiger partial charge on any atom is -0.496 e. The number of H-pyrrole nitrogens is 1. The van der Waals surface area contributed by atoms with Crippen molar-refractivity contribution in [3.8, 4) is 16.9 Å². The molecular weight excluding hydrogens is 288 g/mol. The van der Waals surface area contributed by atoms with Gasteiger partial charge in [-0.2, -0.15) is 0 Å². The molecule has 0 aliphatic carbocycles. The van der Waals surface area contributed by atoms with Crippen LogP contribution < -0.4 is 10.1 Å². The number of aromatic amines is 1. The molecule has 4 heteroatoms. The normalized spacial score (nSPS) is 10.3. The van der Waals surface area contributed by atoms with Crippen LogP contribution in [0.25, 0.3) is 11.1 Å². The average molecular weight is 306 g/mol. The second kappa shape index (κ2) is 6.83. The van der Waals surface area contributed by atoms with Gasteiger partial charge in [-0.05, 0) is 11.6 Å². The van der Waals surface area contributed by atoms with Crippen molar-refractivity contribution in [1.29, 1.82) is 0 Å². The lowest BCUT2D eigenvalue weighted by molar-refractivity contribution is 0.0951. The Labute approximate surface area is 135 Å². The topological polar surface area (TPSA) is 54.1 Å². The zero-order chi connectivity index (χ0) is 16.1. The van der Waals surface area contributed by atoms with Crippen LogP contribution in [0.2, 0.25) is 0 Å². The number of hydrogen-bond acceptors (Lipinski definition) is 2. The highest BCUT2D eigenvalue weighted by Gasteiger charge is 2.14. The van der Waals surface area contributed by atoms with Crippen LogP contribution >= 0.6 is 0 Å². The highest BCUT2D eigenvalue weighted by Crippen LogP contribution is 2.23. The van der Waals surface area contributed by atoms with E-state index in [2.05, 4.69) is 10.3 Å². The molecule has 0 aliphatic rings. The van der Waals surface area contributed by atoms with E-state index in [1.54, 1.807) is 13.3 Å². The number of para-hydroxylation sites is 1. The van der Waals surface area contributed by atoms with E-state index in [4.69, 9.17) is 4.74 Å². The molecule has 0 saturated carbocycles. The molecule has 1 amide bonds. The second-order valence-electron chi connectivity index (χ2n) is 5.14. The molecule has 0 fully saturated rings. The molecule has 1 heterocycles. The zero-order valence-electron chi connectivity index (χ0n) is 12.9. The van der Waals surface area contributed by atoms with Gasteiger partial charge < -0.3 is 15.0 Å². The summed E-state index contributed by atoms with van der Waals surface area (Å²) in [6.45, 7) is 0.419. The Morgan fingerprint density at radius 2 is 1.78 bits per heavy atom. The number of carbonyl (C=O) groups is 1. The predicted molar refractivity (Wildman–Crippen MR) is 90.4 cm³/mol. The molecule has 116 valence electrons. The summed E-state index contributed by atoms with van der Waals surface area (Å²) in [7, 11) is 1.63. The van der Waals surface area contributed by atoms with Gasteiger partial charge in [0.15, 0.2) is 0 Å². The zero-order valence-corrected chi connectivity index (χ0v) is 12.9. The highest BCUT2D eigenvalue weighted by atomic mass is 16.5. The molecule has 3 rings (SSSR count). The van der Waals surface area contributed by atoms with Gasteiger partial charge in [-0.3, -0.25) is 4.79 Å². The van der Waals surface area contributed by atoms with Crippen LogP contribution in [0.15, 0.2) is 67.0 Å². The number of aromatic nitrogens is 1. The predicted octanol–water partition coefficient (Wildman–Crippen LogP) is 3.62. The minimum atomic E-state index is -0.115. The third-order valence-electron chi connectivity index (χ3n) is 3.71. The third kappa shape index (κ3) is 3.26. The Balaban J connectivity index is 1.76. The van der Waals surface area contributed by atoms with Crippen molar-refractivity contribution in [3.63, 3.8) is 0 Å². The van der Waals surface area contributed by atoms with Crippen molar-refractivity contribution in [1.82, 2.24) is 10.3 Å². The fraction of sp³-hybridized carbons (Fsp3) is 0.105. The number of amides is 1. The van der Waals surface area contributed by atoms with Crippen LogP contribution in [0.4, 0.5) is 0 Å². The van der Waals surface area contributed by atoms with Gasteiger partial charge in [0, 0.05) is 30.1 Å². The van der Waals surface area contributed by atoms with Gasteiger partial charge in [-0.15, -0.1) is 0 Å². The van der Waals surface area contributed by atoms with Crippen molar-refractivity contribution in [2.24, 2.45) is 0 Å². The van der Waals surface area contributed by atoms with Gasteiger partial charge in [0.05, 0.1) is 12.7 Å². The maximum absolute atomic E-state index is 12.5. The number of nitrogens with one attached hydrogen (secondary N) is 2. The van der Waals surface area contributed by atoms with Crippen molar-refractivity contribution in [2.45, 2.75) is 6.54 Å². The lowest BCUT2D eigenvalue weighted by atomic mass is 10.0. The minimum absolute atomic E-state index is 0.115. The Bertz CT molecular complexity index is 794. The van der Waals surface area contributed by atoms with Crippen LogP contribution in [0.1, 0.15) is 15.9 Å². The van der Waals surface area contributed by atoms with Crippen molar-refractivity contribution in [3.05, 3.63) is 78.1 Å².